The summed E-state index contributed by atoms with van der Waals surface area (Å²) in [4.78, 5) is 34.5. The van der Waals surface area contributed by atoms with Crippen molar-refractivity contribution in [1.82, 2.24) is 19.9 Å². The number of carbonyl (C=O) groups excluding carboxylic acids is 1. The highest BCUT2D eigenvalue weighted by Crippen LogP contribution is 2.43. The number of pyridine rings is 2. The molecule has 0 aromatic carbocycles. The van der Waals surface area contributed by atoms with Crippen LogP contribution >= 0.6 is 11.3 Å². The number of thiophene rings is 1. The minimum atomic E-state index is -1.04. The number of aromatic nitrogens is 3. The molecule has 0 bridgehead atoms. The summed E-state index contributed by atoms with van der Waals surface area (Å²) in [7, 11) is 1.69. The van der Waals surface area contributed by atoms with Gasteiger partial charge in [-0.1, -0.05) is 0 Å². The van der Waals surface area contributed by atoms with Gasteiger partial charge in [-0.15, -0.1) is 11.3 Å². The van der Waals surface area contributed by atoms with Gasteiger partial charge in [0.15, 0.2) is 0 Å². The van der Waals surface area contributed by atoms with Crippen LogP contribution in [0.4, 0.5) is 5.69 Å². The smallest absolute Gasteiger partial charge is 0.274 e. The van der Waals surface area contributed by atoms with Crippen LogP contribution in [0, 0.1) is 13.8 Å². The number of nitrogens with zero attached hydrogens (tertiary/aromatic N) is 2. The number of hydrogen-bond donors (Lipinski definition) is 4. The second-order valence-corrected chi connectivity index (χ2v) is 10.3. The number of nitrogens with one attached hydrogen (secondary N) is 3. The Kier molecular flexibility index (Phi) is 6.57. The van der Waals surface area contributed by atoms with E-state index in [0.717, 1.165) is 37.8 Å². The van der Waals surface area contributed by atoms with Gasteiger partial charge >= 0.3 is 0 Å². The fourth-order valence-corrected chi connectivity index (χ4v) is 5.25. The normalized spacial score (nSPS) is 11.7. The molecule has 0 aliphatic carbocycles. The fourth-order valence-electron chi connectivity index (χ4n) is 4.09. The second kappa shape index (κ2) is 9.31. The van der Waals surface area contributed by atoms with E-state index in [1.807, 2.05) is 26.0 Å². The Hall–Kier alpha value is -3.43. The molecule has 0 radical (unpaired) electrons. The summed E-state index contributed by atoms with van der Waals surface area (Å²) in [5.41, 5.74) is 4.31. The number of anilines is 1. The molecule has 0 saturated carbocycles. The van der Waals surface area contributed by atoms with E-state index in [0.29, 0.717) is 29.7 Å². The maximum Gasteiger partial charge on any atom is 0.274 e. The van der Waals surface area contributed by atoms with Gasteiger partial charge in [0.25, 0.3) is 11.5 Å². The van der Waals surface area contributed by atoms with Gasteiger partial charge in [0, 0.05) is 54.1 Å². The predicted molar refractivity (Wildman–Crippen MR) is 141 cm³/mol. The third-order valence-electron chi connectivity index (χ3n) is 6.09. The van der Waals surface area contributed by atoms with E-state index in [9.17, 15) is 14.7 Å². The van der Waals surface area contributed by atoms with Gasteiger partial charge in [-0.3, -0.25) is 14.6 Å². The minimum Gasteiger partial charge on any atom is -0.385 e. The van der Waals surface area contributed by atoms with Crippen molar-refractivity contribution in [2.45, 2.75) is 46.8 Å². The molecule has 4 rings (SSSR count). The summed E-state index contributed by atoms with van der Waals surface area (Å²) in [5, 5.41) is 17.7. The lowest BCUT2D eigenvalue weighted by Gasteiger charge is -2.14. The fraction of sp³-hybridized carbons (Fsp3) is 0.346. The molecule has 0 spiro atoms. The molecule has 0 atom stereocenters. The molecule has 9 heteroatoms. The number of H-pyrrole nitrogens is 1. The van der Waals surface area contributed by atoms with Crippen LogP contribution in [0.15, 0.2) is 35.4 Å². The molecule has 0 aliphatic heterocycles. The third-order valence-corrected chi connectivity index (χ3v) is 7.57. The first-order valence-electron chi connectivity index (χ1n) is 11.5. The molecule has 4 aromatic rings. The van der Waals surface area contributed by atoms with E-state index >= 15 is 0 Å². The van der Waals surface area contributed by atoms with Crippen LogP contribution in [0.1, 0.15) is 53.0 Å². The van der Waals surface area contributed by atoms with Crippen LogP contribution in [0.2, 0.25) is 0 Å². The molecule has 4 heterocycles. The van der Waals surface area contributed by atoms with E-state index in [1.54, 1.807) is 39.4 Å². The average Bonchev–Trinajstić information content (AvgIpc) is 3.41. The Bertz CT molecular complexity index is 1450. The first-order chi connectivity index (χ1) is 16.5. The van der Waals surface area contributed by atoms with E-state index in [4.69, 9.17) is 0 Å². The Balaban J connectivity index is 1.88. The molecule has 4 aromatic heterocycles. The molecule has 1 amide bonds. The van der Waals surface area contributed by atoms with Crippen LogP contribution in [0.3, 0.4) is 0 Å². The van der Waals surface area contributed by atoms with Crippen LogP contribution in [0.25, 0.3) is 21.3 Å². The van der Waals surface area contributed by atoms with E-state index < -0.39 is 5.60 Å². The van der Waals surface area contributed by atoms with Crippen LogP contribution in [-0.2, 0) is 19.2 Å². The minimum absolute atomic E-state index is 0.213. The van der Waals surface area contributed by atoms with Crippen molar-refractivity contribution in [2.24, 2.45) is 7.05 Å². The summed E-state index contributed by atoms with van der Waals surface area (Å²) in [6, 6.07) is 5.66. The third kappa shape index (κ3) is 4.74. The van der Waals surface area contributed by atoms with Crippen LogP contribution in [-0.4, -0.2) is 32.1 Å². The SMILES string of the molecule is CCNC(=O)c1cc2c(-c3sc(C(C)(C)O)cc3NCc3c(C)ccnc3C)cn(C)c(=O)c2[nH]1. The average molecular weight is 494 g/mol. The summed E-state index contributed by atoms with van der Waals surface area (Å²) >= 11 is 1.46. The maximum absolute atomic E-state index is 12.9. The second-order valence-electron chi connectivity index (χ2n) is 9.25. The van der Waals surface area contributed by atoms with Gasteiger partial charge < -0.3 is 25.3 Å². The maximum atomic E-state index is 12.9. The lowest BCUT2D eigenvalue weighted by atomic mass is 10.1. The molecule has 0 unspecified atom stereocenters. The molecule has 4 N–H and O–H groups in total. The molecular formula is C26H31N5O3S. The zero-order valence-corrected chi connectivity index (χ0v) is 21.7. The van der Waals surface area contributed by atoms with Gasteiger partial charge in [-0.25, -0.2) is 0 Å². The zero-order chi connectivity index (χ0) is 25.5. The number of aromatic amines is 1. The standard InChI is InChI=1S/C26H31N5O3S/c1-7-27-24(32)20-10-16-18(13-31(6)25(33)22(16)30-20)23-19(11-21(35-23)26(4,5)34)29-12-17-14(2)8-9-28-15(17)3/h8-11,13,29-30,34H,7,12H2,1-6H3,(H,27,32). The van der Waals surface area contributed by atoms with E-state index in [1.165, 1.54) is 15.9 Å². The number of fused-ring (bicyclic) bond motifs is 1. The molecular weight excluding hydrogens is 462 g/mol. The highest BCUT2D eigenvalue weighted by molar-refractivity contribution is 7.16. The number of aryl methyl sites for hydroxylation is 3. The van der Waals surface area contributed by atoms with Crippen molar-refractivity contribution >= 4 is 33.8 Å². The van der Waals surface area contributed by atoms with Crippen molar-refractivity contribution in [1.29, 1.82) is 0 Å². The molecule has 0 fully saturated rings. The number of amides is 1. The van der Waals surface area contributed by atoms with Crippen molar-refractivity contribution in [2.75, 3.05) is 11.9 Å². The van der Waals surface area contributed by atoms with Crippen molar-refractivity contribution < 1.29 is 9.90 Å². The zero-order valence-electron chi connectivity index (χ0n) is 20.9. The number of carbonyl (C=O) groups is 1. The van der Waals surface area contributed by atoms with E-state index in [-0.39, 0.29) is 11.5 Å². The van der Waals surface area contributed by atoms with Crippen molar-refractivity contribution in [3.8, 4) is 10.4 Å². The van der Waals surface area contributed by atoms with Crippen molar-refractivity contribution in [3.63, 3.8) is 0 Å². The molecule has 0 saturated heterocycles. The summed E-state index contributed by atoms with van der Waals surface area (Å²) in [6.07, 6.45) is 3.59. The Morgan fingerprint density at radius 2 is 2.03 bits per heavy atom. The van der Waals surface area contributed by atoms with Gasteiger partial charge in [0.1, 0.15) is 11.2 Å². The molecule has 8 nitrogen and oxygen atoms in total. The first kappa shape index (κ1) is 24.7. The quantitative estimate of drug-likeness (QED) is 0.308. The van der Waals surface area contributed by atoms with Gasteiger partial charge in [-0.05, 0) is 63.9 Å². The summed E-state index contributed by atoms with van der Waals surface area (Å²) in [6.45, 7) is 10.4. The van der Waals surface area contributed by atoms with Crippen LogP contribution < -0.4 is 16.2 Å². The molecule has 184 valence electrons. The van der Waals surface area contributed by atoms with Gasteiger partial charge in [-0.2, -0.15) is 0 Å². The Labute approximate surface area is 208 Å². The lowest BCUT2D eigenvalue weighted by Crippen LogP contribution is -2.23. The largest absolute Gasteiger partial charge is 0.385 e. The predicted octanol–water partition coefficient (Wildman–Crippen LogP) is 4.20. The summed E-state index contributed by atoms with van der Waals surface area (Å²) in [5.74, 6) is -0.263. The van der Waals surface area contributed by atoms with Crippen LogP contribution in [0.5, 0.6) is 0 Å². The van der Waals surface area contributed by atoms with Crippen molar-refractivity contribution in [3.05, 3.63) is 68.3 Å². The van der Waals surface area contributed by atoms with Gasteiger partial charge in [0.05, 0.1) is 16.2 Å². The first-order valence-corrected chi connectivity index (χ1v) is 12.4. The van der Waals surface area contributed by atoms with Gasteiger partial charge in [0.2, 0.25) is 0 Å². The molecule has 35 heavy (non-hydrogen) atoms. The lowest BCUT2D eigenvalue weighted by molar-refractivity contribution is 0.0825. The Morgan fingerprint density at radius 1 is 1.29 bits per heavy atom. The van der Waals surface area contributed by atoms with E-state index in [2.05, 4.69) is 27.5 Å². The monoisotopic (exact) mass is 493 g/mol. The number of hydrogen-bond acceptors (Lipinski definition) is 6. The number of rotatable bonds is 7. The topological polar surface area (TPSA) is 112 Å². The Morgan fingerprint density at radius 3 is 2.69 bits per heavy atom. The summed E-state index contributed by atoms with van der Waals surface area (Å²) < 4.78 is 1.51. The highest BCUT2D eigenvalue weighted by Gasteiger charge is 2.25. The highest BCUT2D eigenvalue weighted by atomic mass is 32.1. The molecule has 0 aliphatic rings. The number of aliphatic hydroxyl groups is 1.